The van der Waals surface area contributed by atoms with Gasteiger partial charge in [0.25, 0.3) is 5.91 Å². The minimum Gasteiger partial charge on any atom is -0.350 e. The molecule has 1 aromatic carbocycles. The molecule has 0 saturated heterocycles. The van der Waals surface area contributed by atoms with E-state index >= 15 is 0 Å². The predicted octanol–water partition coefficient (Wildman–Crippen LogP) is 3.73. The van der Waals surface area contributed by atoms with Crippen molar-refractivity contribution in [1.29, 1.82) is 0 Å². The summed E-state index contributed by atoms with van der Waals surface area (Å²) in [5, 5.41) is 3.07. The molecule has 0 aliphatic heterocycles. The Morgan fingerprint density at radius 1 is 1.43 bits per heavy atom. The second-order valence-electron chi connectivity index (χ2n) is 5.55. The zero-order valence-electron chi connectivity index (χ0n) is 12.1. The molecule has 1 aromatic heterocycles. The van der Waals surface area contributed by atoms with Crippen LogP contribution in [0.25, 0.3) is 0 Å². The van der Waals surface area contributed by atoms with E-state index in [9.17, 15) is 4.79 Å². The molecule has 0 saturated carbocycles. The number of benzene rings is 1. The lowest BCUT2D eigenvalue weighted by Gasteiger charge is -2.30. The van der Waals surface area contributed by atoms with Crippen molar-refractivity contribution in [2.24, 2.45) is 0 Å². The first-order chi connectivity index (χ1) is 10.2. The molecule has 2 aromatic rings. The lowest BCUT2D eigenvalue weighted by molar-refractivity contribution is 0.0940. The maximum atomic E-state index is 12.4. The van der Waals surface area contributed by atoms with Crippen molar-refractivity contribution >= 4 is 21.8 Å². The zero-order chi connectivity index (χ0) is 14.8. The molecular weight excluding hydrogens is 328 g/mol. The summed E-state index contributed by atoms with van der Waals surface area (Å²) in [7, 11) is 0. The van der Waals surface area contributed by atoms with Gasteiger partial charge in [-0.15, -0.1) is 0 Å². The van der Waals surface area contributed by atoms with Gasteiger partial charge in [0, 0.05) is 29.7 Å². The number of rotatable bonds is 5. The summed E-state index contributed by atoms with van der Waals surface area (Å²) in [6, 6.07) is 10.3. The number of halogens is 1. The normalized spacial score (nSPS) is 16.2. The molecule has 1 unspecified atom stereocenters. The summed E-state index contributed by atoms with van der Waals surface area (Å²) in [6.07, 6.45) is 4.05. The molecule has 0 bridgehead atoms. The monoisotopic (exact) mass is 346 g/mol. The lowest BCUT2D eigenvalue weighted by Crippen LogP contribution is -2.34. The van der Waals surface area contributed by atoms with Crippen LogP contribution in [0.4, 0.5) is 0 Å². The fraction of sp³-hybridized carbons (Fsp3) is 0.353. The smallest absolute Gasteiger partial charge is 0.267 e. The maximum Gasteiger partial charge on any atom is 0.267 e. The van der Waals surface area contributed by atoms with Crippen LogP contribution in [0, 0.1) is 0 Å². The molecule has 21 heavy (non-hydrogen) atoms. The van der Waals surface area contributed by atoms with E-state index < -0.39 is 0 Å². The van der Waals surface area contributed by atoms with E-state index in [1.807, 2.05) is 16.8 Å². The number of carbonyl (C=O) groups excluding carboxylic acids is 1. The molecule has 1 atom stereocenters. The first kappa shape index (κ1) is 14.4. The van der Waals surface area contributed by atoms with E-state index in [4.69, 9.17) is 0 Å². The molecule has 1 heterocycles. The SMILES string of the molecule is CCCn1cc(Br)cc1C(=O)NCC1Cc2ccccc21. The fourth-order valence-electron chi connectivity index (χ4n) is 2.94. The Balaban J connectivity index is 1.63. The van der Waals surface area contributed by atoms with Crippen LogP contribution in [0.5, 0.6) is 0 Å². The molecule has 1 aliphatic carbocycles. The minimum absolute atomic E-state index is 0.0125. The molecule has 110 valence electrons. The third-order valence-corrected chi connectivity index (χ3v) is 4.46. The summed E-state index contributed by atoms with van der Waals surface area (Å²) >= 11 is 3.45. The minimum atomic E-state index is 0.0125. The summed E-state index contributed by atoms with van der Waals surface area (Å²) < 4.78 is 2.96. The topological polar surface area (TPSA) is 34.0 Å². The highest BCUT2D eigenvalue weighted by molar-refractivity contribution is 9.10. The predicted molar refractivity (Wildman–Crippen MR) is 87.6 cm³/mol. The van der Waals surface area contributed by atoms with Gasteiger partial charge in [-0.2, -0.15) is 0 Å². The molecule has 4 heteroatoms. The maximum absolute atomic E-state index is 12.4. The second-order valence-corrected chi connectivity index (χ2v) is 6.46. The second kappa shape index (κ2) is 6.06. The van der Waals surface area contributed by atoms with E-state index in [0.29, 0.717) is 12.5 Å². The highest BCUT2D eigenvalue weighted by Gasteiger charge is 2.26. The molecule has 0 spiro atoms. The average molecular weight is 347 g/mol. The Morgan fingerprint density at radius 3 is 3.00 bits per heavy atom. The van der Waals surface area contributed by atoms with Gasteiger partial charge in [-0.3, -0.25) is 4.79 Å². The van der Waals surface area contributed by atoms with Crippen molar-refractivity contribution in [3.8, 4) is 0 Å². The van der Waals surface area contributed by atoms with Crippen LogP contribution in [0.2, 0.25) is 0 Å². The molecule has 0 fully saturated rings. The molecule has 3 rings (SSSR count). The van der Waals surface area contributed by atoms with E-state index in [-0.39, 0.29) is 5.91 Å². The Labute approximate surface area is 133 Å². The van der Waals surface area contributed by atoms with Gasteiger partial charge in [0.05, 0.1) is 0 Å². The standard InChI is InChI=1S/C17H19BrN2O/c1-2-7-20-11-14(18)9-16(20)17(21)19-10-13-8-12-5-3-4-6-15(12)13/h3-6,9,11,13H,2,7-8,10H2,1H3,(H,19,21). The third-order valence-electron chi connectivity index (χ3n) is 4.03. The summed E-state index contributed by atoms with van der Waals surface area (Å²) in [6.45, 7) is 3.69. The summed E-state index contributed by atoms with van der Waals surface area (Å²) in [4.78, 5) is 12.4. The highest BCUT2D eigenvalue weighted by Crippen LogP contribution is 2.34. The molecular formula is C17H19BrN2O. The van der Waals surface area contributed by atoms with E-state index in [0.717, 1.165) is 29.6 Å². The van der Waals surface area contributed by atoms with Gasteiger partial charge in [-0.25, -0.2) is 0 Å². The van der Waals surface area contributed by atoms with Gasteiger partial charge in [-0.1, -0.05) is 31.2 Å². The highest BCUT2D eigenvalue weighted by atomic mass is 79.9. The Hall–Kier alpha value is -1.55. The van der Waals surface area contributed by atoms with Gasteiger partial charge >= 0.3 is 0 Å². The van der Waals surface area contributed by atoms with Crippen LogP contribution < -0.4 is 5.32 Å². The number of hydrogen-bond donors (Lipinski definition) is 1. The van der Waals surface area contributed by atoms with Gasteiger partial charge in [0.1, 0.15) is 5.69 Å². The molecule has 0 radical (unpaired) electrons. The number of fused-ring (bicyclic) bond motifs is 1. The largest absolute Gasteiger partial charge is 0.350 e. The van der Waals surface area contributed by atoms with Gasteiger partial charge in [-0.05, 0) is 46.0 Å². The van der Waals surface area contributed by atoms with E-state index in [1.165, 1.54) is 11.1 Å². The van der Waals surface area contributed by atoms with E-state index in [2.05, 4.69) is 52.4 Å². The number of amides is 1. The van der Waals surface area contributed by atoms with Gasteiger partial charge in [0.15, 0.2) is 0 Å². The van der Waals surface area contributed by atoms with Crippen molar-refractivity contribution < 1.29 is 4.79 Å². The first-order valence-corrected chi connectivity index (χ1v) is 8.20. The Kier molecular flexibility index (Phi) is 4.15. The number of aromatic nitrogens is 1. The van der Waals surface area contributed by atoms with Crippen molar-refractivity contribution in [1.82, 2.24) is 9.88 Å². The van der Waals surface area contributed by atoms with Gasteiger partial charge in [0.2, 0.25) is 0 Å². The molecule has 1 N–H and O–H groups in total. The zero-order valence-corrected chi connectivity index (χ0v) is 13.7. The fourth-order valence-corrected chi connectivity index (χ4v) is 3.41. The third kappa shape index (κ3) is 2.91. The number of carbonyl (C=O) groups is 1. The van der Waals surface area contributed by atoms with E-state index in [1.54, 1.807) is 0 Å². The molecule has 3 nitrogen and oxygen atoms in total. The first-order valence-electron chi connectivity index (χ1n) is 7.40. The van der Waals surface area contributed by atoms with Crippen LogP contribution in [-0.4, -0.2) is 17.0 Å². The van der Waals surface area contributed by atoms with Crippen molar-refractivity contribution in [2.45, 2.75) is 32.2 Å². The molecule has 1 aliphatic rings. The van der Waals surface area contributed by atoms with Crippen molar-refractivity contribution in [3.63, 3.8) is 0 Å². The number of aryl methyl sites for hydroxylation is 1. The number of nitrogens with one attached hydrogen (secondary N) is 1. The van der Waals surface area contributed by atoms with Crippen LogP contribution in [0.3, 0.4) is 0 Å². The van der Waals surface area contributed by atoms with Crippen LogP contribution in [0.1, 0.15) is 40.9 Å². The van der Waals surface area contributed by atoms with Crippen LogP contribution in [0.15, 0.2) is 41.0 Å². The Bertz CT molecular complexity index is 663. The Morgan fingerprint density at radius 2 is 2.24 bits per heavy atom. The average Bonchev–Trinajstić information content (AvgIpc) is 2.81. The number of nitrogens with zero attached hydrogens (tertiary/aromatic N) is 1. The quantitative estimate of drug-likeness (QED) is 0.879. The lowest BCUT2D eigenvalue weighted by atomic mass is 9.77. The van der Waals surface area contributed by atoms with Crippen molar-refractivity contribution in [2.75, 3.05) is 6.54 Å². The number of hydrogen-bond acceptors (Lipinski definition) is 1. The van der Waals surface area contributed by atoms with Crippen molar-refractivity contribution in [3.05, 3.63) is 57.8 Å². The summed E-state index contributed by atoms with van der Waals surface area (Å²) in [5.74, 6) is 0.474. The van der Waals surface area contributed by atoms with Gasteiger partial charge < -0.3 is 9.88 Å². The van der Waals surface area contributed by atoms with Crippen LogP contribution in [-0.2, 0) is 13.0 Å². The summed E-state index contributed by atoms with van der Waals surface area (Å²) in [5.41, 5.74) is 3.52. The molecule has 1 amide bonds. The van der Waals surface area contributed by atoms with Crippen LogP contribution >= 0.6 is 15.9 Å².